The van der Waals surface area contributed by atoms with Gasteiger partial charge in [-0.1, -0.05) is 44.4 Å². The third-order valence-electron chi connectivity index (χ3n) is 5.10. The van der Waals surface area contributed by atoms with E-state index in [-0.39, 0.29) is 0 Å². The highest BCUT2D eigenvalue weighted by Crippen LogP contribution is 2.33. The van der Waals surface area contributed by atoms with Crippen LogP contribution in [0.15, 0.2) is 72.8 Å². The van der Waals surface area contributed by atoms with Gasteiger partial charge in [0.2, 0.25) is 0 Å². The molecule has 1 aliphatic carbocycles. The number of nitrogens with two attached hydrogens (primary N) is 2. The van der Waals surface area contributed by atoms with Crippen molar-refractivity contribution in [2.24, 2.45) is 23.3 Å². The van der Waals surface area contributed by atoms with E-state index in [0.717, 1.165) is 38.8 Å². The quantitative estimate of drug-likeness (QED) is 0.371. The zero-order valence-electron chi connectivity index (χ0n) is 17.1. The molecular formula is C23H38N4. The molecule has 1 rings (SSSR count). The summed E-state index contributed by atoms with van der Waals surface area (Å²) in [6.45, 7) is 13.6. The summed E-state index contributed by atoms with van der Waals surface area (Å²) in [7, 11) is 0. The van der Waals surface area contributed by atoms with Gasteiger partial charge < -0.3 is 22.1 Å². The summed E-state index contributed by atoms with van der Waals surface area (Å²) in [5.74, 6) is 1.06. The van der Waals surface area contributed by atoms with Crippen molar-refractivity contribution < 1.29 is 0 Å². The van der Waals surface area contributed by atoms with Crippen molar-refractivity contribution in [1.29, 1.82) is 0 Å². The molecule has 0 aliphatic heterocycles. The summed E-state index contributed by atoms with van der Waals surface area (Å²) in [4.78, 5) is 0. The summed E-state index contributed by atoms with van der Waals surface area (Å²) in [6.07, 6.45) is 17.6. The minimum atomic E-state index is 0.374. The molecule has 6 N–H and O–H groups in total. The first-order valence-corrected chi connectivity index (χ1v) is 9.92. The highest BCUT2D eigenvalue weighted by Gasteiger charge is 2.27. The zero-order chi connectivity index (χ0) is 20.1. The van der Waals surface area contributed by atoms with Crippen LogP contribution in [0.2, 0.25) is 0 Å². The van der Waals surface area contributed by atoms with Crippen molar-refractivity contribution in [2.75, 3.05) is 13.1 Å². The molecule has 27 heavy (non-hydrogen) atoms. The van der Waals surface area contributed by atoms with Crippen LogP contribution in [0.1, 0.15) is 39.5 Å². The number of hydrogen-bond acceptors (Lipinski definition) is 4. The fourth-order valence-corrected chi connectivity index (χ4v) is 3.46. The standard InChI is InChI=1S/C23H38N4/c1-5-19(6-2)16-27-23(18(4)11-9-8-10-12-24)21(17-26-7-3)13-20-14-22(25)15-20/h5-10,12,18,20,22,26-27H,1,3,11,13-17,24-25H2,2,4H3/b9-8+,12-10-,19-6+,23-21+. The van der Waals surface area contributed by atoms with Crippen LogP contribution in [0.25, 0.3) is 0 Å². The summed E-state index contributed by atoms with van der Waals surface area (Å²) in [6, 6.07) is 0.374. The van der Waals surface area contributed by atoms with E-state index in [2.05, 4.69) is 42.9 Å². The molecular weight excluding hydrogens is 332 g/mol. The van der Waals surface area contributed by atoms with Gasteiger partial charge in [-0.15, -0.1) is 0 Å². The molecule has 0 heterocycles. The lowest BCUT2D eigenvalue weighted by atomic mass is 9.76. The molecule has 0 aromatic carbocycles. The molecule has 0 aromatic heterocycles. The Hall–Kier alpha value is -2.20. The van der Waals surface area contributed by atoms with Gasteiger partial charge in [0.15, 0.2) is 0 Å². The Bertz CT molecular complexity index is 577. The van der Waals surface area contributed by atoms with Gasteiger partial charge in [0.1, 0.15) is 0 Å². The Labute approximate surface area is 165 Å². The van der Waals surface area contributed by atoms with E-state index in [1.54, 1.807) is 12.4 Å². The molecule has 0 bridgehead atoms. The number of nitrogens with one attached hydrogen (secondary N) is 2. The fourth-order valence-electron chi connectivity index (χ4n) is 3.46. The van der Waals surface area contributed by atoms with Crippen LogP contribution in [-0.2, 0) is 0 Å². The zero-order valence-corrected chi connectivity index (χ0v) is 17.1. The lowest BCUT2D eigenvalue weighted by Gasteiger charge is -2.34. The van der Waals surface area contributed by atoms with E-state index < -0.39 is 0 Å². The molecule has 4 heteroatoms. The highest BCUT2D eigenvalue weighted by molar-refractivity contribution is 5.24. The van der Waals surface area contributed by atoms with Gasteiger partial charge >= 0.3 is 0 Å². The lowest BCUT2D eigenvalue weighted by molar-refractivity contribution is 0.261. The van der Waals surface area contributed by atoms with E-state index in [9.17, 15) is 0 Å². The van der Waals surface area contributed by atoms with Crippen LogP contribution in [0.5, 0.6) is 0 Å². The Morgan fingerprint density at radius 1 is 1.22 bits per heavy atom. The molecule has 4 nitrogen and oxygen atoms in total. The minimum Gasteiger partial charge on any atom is -0.405 e. The monoisotopic (exact) mass is 370 g/mol. The van der Waals surface area contributed by atoms with Gasteiger partial charge in [-0.05, 0) is 74.1 Å². The Morgan fingerprint density at radius 3 is 2.52 bits per heavy atom. The molecule has 0 radical (unpaired) electrons. The van der Waals surface area contributed by atoms with E-state index in [1.807, 2.05) is 25.2 Å². The smallest absolute Gasteiger partial charge is 0.0394 e. The lowest BCUT2D eigenvalue weighted by Crippen LogP contribution is -2.37. The van der Waals surface area contributed by atoms with E-state index in [1.165, 1.54) is 16.8 Å². The second-order valence-electron chi connectivity index (χ2n) is 7.27. The predicted octanol–water partition coefficient (Wildman–Crippen LogP) is 3.88. The first-order chi connectivity index (χ1) is 13.0. The molecule has 0 aromatic rings. The molecule has 0 saturated heterocycles. The molecule has 1 fully saturated rings. The van der Waals surface area contributed by atoms with Gasteiger partial charge in [0.25, 0.3) is 0 Å². The largest absolute Gasteiger partial charge is 0.405 e. The second-order valence-corrected chi connectivity index (χ2v) is 7.27. The Morgan fingerprint density at radius 2 is 1.96 bits per heavy atom. The van der Waals surface area contributed by atoms with Gasteiger partial charge in [0, 0.05) is 24.8 Å². The molecule has 1 unspecified atom stereocenters. The number of rotatable bonds is 13. The maximum atomic E-state index is 6.00. The van der Waals surface area contributed by atoms with Gasteiger partial charge in [-0.25, -0.2) is 0 Å². The normalized spacial score (nSPS) is 22.3. The van der Waals surface area contributed by atoms with Gasteiger partial charge in [-0.2, -0.15) is 0 Å². The van der Waals surface area contributed by atoms with Gasteiger partial charge in [0.05, 0.1) is 0 Å². The van der Waals surface area contributed by atoms with Crippen LogP contribution >= 0.6 is 0 Å². The Kier molecular flexibility index (Phi) is 11.0. The minimum absolute atomic E-state index is 0.374. The summed E-state index contributed by atoms with van der Waals surface area (Å²) >= 11 is 0. The third kappa shape index (κ3) is 8.35. The first-order valence-electron chi connectivity index (χ1n) is 9.92. The van der Waals surface area contributed by atoms with Crippen molar-refractivity contribution in [3.05, 3.63) is 72.8 Å². The summed E-state index contributed by atoms with van der Waals surface area (Å²) < 4.78 is 0. The maximum Gasteiger partial charge on any atom is 0.0394 e. The molecule has 1 saturated carbocycles. The number of allylic oxidation sites excluding steroid dienone is 5. The molecule has 0 spiro atoms. The first kappa shape index (κ1) is 22.8. The van der Waals surface area contributed by atoms with Gasteiger partial charge in [-0.3, -0.25) is 0 Å². The van der Waals surface area contributed by atoms with Crippen LogP contribution in [0.3, 0.4) is 0 Å². The van der Waals surface area contributed by atoms with E-state index in [4.69, 9.17) is 11.5 Å². The van der Waals surface area contributed by atoms with Crippen molar-refractivity contribution in [1.82, 2.24) is 10.6 Å². The average Bonchev–Trinajstić information content (AvgIpc) is 2.64. The van der Waals surface area contributed by atoms with Crippen LogP contribution < -0.4 is 22.1 Å². The molecule has 1 aliphatic rings. The third-order valence-corrected chi connectivity index (χ3v) is 5.10. The second kappa shape index (κ2) is 13.0. The van der Waals surface area contributed by atoms with Crippen molar-refractivity contribution >= 4 is 0 Å². The topological polar surface area (TPSA) is 76.1 Å². The highest BCUT2D eigenvalue weighted by atomic mass is 14.9. The SMILES string of the molecule is C=CNC/C(CC1CC(N)C1)=C(/NC/C(C=C)=C/C)C(C)C/C=C/C=C\N. The average molecular weight is 371 g/mol. The molecule has 150 valence electrons. The molecule has 0 amide bonds. The van der Waals surface area contributed by atoms with Crippen LogP contribution in [0, 0.1) is 11.8 Å². The van der Waals surface area contributed by atoms with Crippen molar-refractivity contribution in [3.8, 4) is 0 Å². The molecule has 1 atom stereocenters. The summed E-state index contributed by atoms with van der Waals surface area (Å²) in [5, 5.41) is 6.99. The number of hydrogen-bond donors (Lipinski definition) is 4. The van der Waals surface area contributed by atoms with Crippen molar-refractivity contribution in [3.63, 3.8) is 0 Å². The van der Waals surface area contributed by atoms with Crippen LogP contribution in [0.4, 0.5) is 0 Å². The van der Waals surface area contributed by atoms with E-state index >= 15 is 0 Å². The van der Waals surface area contributed by atoms with E-state index in [0.29, 0.717) is 17.9 Å². The predicted molar refractivity (Wildman–Crippen MR) is 119 cm³/mol. The fraction of sp³-hybridized carbons (Fsp3) is 0.478. The Balaban J connectivity index is 3.01. The van der Waals surface area contributed by atoms with Crippen LogP contribution in [-0.4, -0.2) is 19.1 Å². The maximum absolute atomic E-state index is 6.00. The van der Waals surface area contributed by atoms with Crippen molar-refractivity contribution in [2.45, 2.75) is 45.6 Å². The summed E-state index contributed by atoms with van der Waals surface area (Å²) in [5.41, 5.74) is 15.3.